The lowest BCUT2D eigenvalue weighted by Crippen LogP contribution is -2.57. The van der Waals surface area contributed by atoms with Gasteiger partial charge in [0.2, 0.25) is 0 Å². The molecule has 0 aromatic heterocycles. The summed E-state index contributed by atoms with van der Waals surface area (Å²) in [6.07, 6.45) is 1.85. The molecule has 2 fully saturated rings. The zero-order valence-electron chi connectivity index (χ0n) is 6.94. The molecule has 62 valence electrons. The highest BCUT2D eigenvalue weighted by Crippen LogP contribution is 2.49. The molecule has 1 aliphatic carbocycles. The molecule has 0 aromatic rings. The third kappa shape index (κ3) is 0.988. The van der Waals surface area contributed by atoms with Crippen LogP contribution >= 0.6 is 0 Å². The van der Waals surface area contributed by atoms with Crippen LogP contribution in [0.4, 0.5) is 4.79 Å². The summed E-state index contributed by atoms with van der Waals surface area (Å²) in [5.74, 6) is 0. The van der Waals surface area contributed by atoms with E-state index in [1.807, 2.05) is 0 Å². The van der Waals surface area contributed by atoms with Gasteiger partial charge in [0.05, 0.1) is 5.54 Å². The predicted octanol–water partition coefficient (Wildman–Crippen LogP) is 1.29. The van der Waals surface area contributed by atoms with Gasteiger partial charge in [-0.05, 0) is 18.3 Å². The fraction of sp³-hybridized carbons (Fsp3) is 0.875. The molecule has 0 aromatic carbocycles. The van der Waals surface area contributed by atoms with Crippen LogP contribution in [-0.4, -0.2) is 18.2 Å². The Morgan fingerprint density at radius 1 is 1.45 bits per heavy atom. The average Bonchev–Trinajstić information content (AvgIpc) is 2.08. The highest BCUT2D eigenvalue weighted by Gasteiger charge is 2.53. The largest absolute Gasteiger partial charge is 0.447 e. The van der Waals surface area contributed by atoms with E-state index in [2.05, 4.69) is 19.2 Å². The first kappa shape index (κ1) is 6.95. The molecule has 2 rings (SSSR count). The summed E-state index contributed by atoms with van der Waals surface area (Å²) in [5.41, 5.74) is 0.390. The molecule has 0 atom stereocenters. The van der Waals surface area contributed by atoms with Crippen molar-refractivity contribution < 1.29 is 9.53 Å². The number of hydrogen-bond donors (Lipinski definition) is 1. The molecule has 1 heterocycles. The summed E-state index contributed by atoms with van der Waals surface area (Å²) < 4.78 is 4.85. The average molecular weight is 155 g/mol. The monoisotopic (exact) mass is 155 g/mol. The molecule has 1 N–H and O–H groups in total. The molecule has 0 unspecified atom stereocenters. The van der Waals surface area contributed by atoms with E-state index in [1.165, 1.54) is 0 Å². The molecule has 1 amide bonds. The van der Waals surface area contributed by atoms with Gasteiger partial charge in [0.1, 0.15) is 6.61 Å². The smallest absolute Gasteiger partial charge is 0.407 e. The zero-order chi connectivity index (χ0) is 8.11. The topological polar surface area (TPSA) is 38.3 Å². The van der Waals surface area contributed by atoms with Crippen LogP contribution in [0.5, 0.6) is 0 Å². The van der Waals surface area contributed by atoms with Gasteiger partial charge in [0, 0.05) is 0 Å². The number of alkyl carbamates (subject to hydrolysis) is 1. The van der Waals surface area contributed by atoms with Crippen molar-refractivity contribution in [3.05, 3.63) is 0 Å². The Labute approximate surface area is 66.1 Å². The Bertz CT molecular complexity index is 202. The number of carbonyl (C=O) groups is 1. The summed E-state index contributed by atoms with van der Waals surface area (Å²) in [7, 11) is 0. The van der Waals surface area contributed by atoms with Gasteiger partial charge < -0.3 is 10.1 Å². The van der Waals surface area contributed by atoms with E-state index in [-0.39, 0.29) is 11.6 Å². The number of cyclic esters (lactones) is 1. The number of ether oxygens (including phenoxy) is 1. The summed E-state index contributed by atoms with van der Waals surface area (Å²) in [6.45, 7) is 4.99. The number of carbonyl (C=O) groups excluding carboxylic acids is 1. The maximum Gasteiger partial charge on any atom is 0.407 e. The van der Waals surface area contributed by atoms with E-state index in [0.29, 0.717) is 12.0 Å². The maximum absolute atomic E-state index is 10.7. The molecule has 1 spiro atoms. The summed E-state index contributed by atoms with van der Waals surface area (Å²) >= 11 is 0. The Balaban J connectivity index is 2.03. The Morgan fingerprint density at radius 2 is 2.09 bits per heavy atom. The molecule has 1 saturated carbocycles. The van der Waals surface area contributed by atoms with Crippen LogP contribution in [0.1, 0.15) is 26.7 Å². The van der Waals surface area contributed by atoms with E-state index in [0.717, 1.165) is 12.8 Å². The second-order valence-corrected chi connectivity index (χ2v) is 4.50. The molecule has 0 radical (unpaired) electrons. The van der Waals surface area contributed by atoms with E-state index in [9.17, 15) is 4.79 Å². The van der Waals surface area contributed by atoms with Crippen LogP contribution < -0.4 is 5.32 Å². The van der Waals surface area contributed by atoms with Crippen LogP contribution in [0.2, 0.25) is 0 Å². The third-order valence-corrected chi connectivity index (χ3v) is 2.48. The Kier molecular flexibility index (Phi) is 1.08. The lowest BCUT2D eigenvalue weighted by molar-refractivity contribution is 0.0373. The van der Waals surface area contributed by atoms with Crippen molar-refractivity contribution in [2.45, 2.75) is 32.2 Å². The van der Waals surface area contributed by atoms with Crippen LogP contribution in [0.25, 0.3) is 0 Å². The highest BCUT2D eigenvalue weighted by atomic mass is 16.6. The number of nitrogens with one attached hydrogen (secondary N) is 1. The van der Waals surface area contributed by atoms with E-state index >= 15 is 0 Å². The second-order valence-electron chi connectivity index (χ2n) is 4.50. The van der Waals surface area contributed by atoms with Crippen molar-refractivity contribution in [1.29, 1.82) is 0 Å². The number of rotatable bonds is 0. The molecule has 2 aliphatic rings. The highest BCUT2D eigenvalue weighted by molar-refractivity contribution is 5.71. The van der Waals surface area contributed by atoms with Crippen molar-refractivity contribution >= 4 is 6.09 Å². The van der Waals surface area contributed by atoms with Gasteiger partial charge >= 0.3 is 6.09 Å². The van der Waals surface area contributed by atoms with Crippen molar-refractivity contribution in [2.24, 2.45) is 5.41 Å². The van der Waals surface area contributed by atoms with Crippen molar-refractivity contribution in [2.75, 3.05) is 6.61 Å². The lowest BCUT2D eigenvalue weighted by atomic mass is 9.60. The minimum absolute atomic E-state index is 0.000579. The second kappa shape index (κ2) is 1.71. The fourth-order valence-corrected chi connectivity index (χ4v) is 2.46. The third-order valence-electron chi connectivity index (χ3n) is 2.48. The number of amides is 1. The van der Waals surface area contributed by atoms with Gasteiger partial charge in [-0.1, -0.05) is 13.8 Å². The summed E-state index contributed by atoms with van der Waals surface area (Å²) in [5, 5.41) is 2.86. The van der Waals surface area contributed by atoms with Crippen LogP contribution in [-0.2, 0) is 4.74 Å². The van der Waals surface area contributed by atoms with Gasteiger partial charge in [0.25, 0.3) is 0 Å². The van der Waals surface area contributed by atoms with Crippen LogP contribution in [0.3, 0.4) is 0 Å². The lowest BCUT2D eigenvalue weighted by Gasteiger charge is -2.49. The van der Waals surface area contributed by atoms with Crippen molar-refractivity contribution in [1.82, 2.24) is 5.32 Å². The molecule has 3 nitrogen and oxygen atoms in total. The normalized spacial score (nSPS) is 30.9. The van der Waals surface area contributed by atoms with Gasteiger partial charge in [-0.2, -0.15) is 0 Å². The van der Waals surface area contributed by atoms with Gasteiger partial charge in [-0.15, -0.1) is 0 Å². The van der Waals surface area contributed by atoms with Crippen LogP contribution in [0, 0.1) is 5.41 Å². The SMILES string of the molecule is CC1(C)CC2(COC(=O)N2)C1. The summed E-state index contributed by atoms with van der Waals surface area (Å²) in [4.78, 5) is 10.7. The quantitative estimate of drug-likeness (QED) is 0.572. The van der Waals surface area contributed by atoms with E-state index in [1.54, 1.807) is 0 Å². The van der Waals surface area contributed by atoms with Crippen molar-refractivity contribution in [3.63, 3.8) is 0 Å². The van der Waals surface area contributed by atoms with Gasteiger partial charge in [0.15, 0.2) is 0 Å². The van der Waals surface area contributed by atoms with Crippen molar-refractivity contribution in [3.8, 4) is 0 Å². The molecule has 11 heavy (non-hydrogen) atoms. The molecule has 3 heteroatoms. The molecular weight excluding hydrogens is 142 g/mol. The van der Waals surface area contributed by atoms with E-state index < -0.39 is 0 Å². The Hall–Kier alpha value is -0.730. The maximum atomic E-state index is 10.7. The molecule has 1 aliphatic heterocycles. The fourth-order valence-electron chi connectivity index (χ4n) is 2.46. The first-order chi connectivity index (χ1) is 5.02. The first-order valence-electron chi connectivity index (χ1n) is 3.96. The minimum atomic E-state index is -0.250. The van der Waals surface area contributed by atoms with Gasteiger partial charge in [-0.25, -0.2) is 4.79 Å². The first-order valence-corrected chi connectivity index (χ1v) is 3.96. The Morgan fingerprint density at radius 3 is 2.45 bits per heavy atom. The standard InChI is InChI=1S/C8H13NO2/c1-7(2)3-8(4-7)5-11-6(10)9-8/h3-5H2,1-2H3,(H,9,10). The van der Waals surface area contributed by atoms with Gasteiger partial charge in [-0.3, -0.25) is 0 Å². The van der Waals surface area contributed by atoms with E-state index in [4.69, 9.17) is 4.74 Å². The molecular formula is C8H13NO2. The van der Waals surface area contributed by atoms with Crippen LogP contribution in [0.15, 0.2) is 0 Å². The number of hydrogen-bond acceptors (Lipinski definition) is 2. The minimum Gasteiger partial charge on any atom is -0.447 e. The summed E-state index contributed by atoms with van der Waals surface area (Å²) in [6, 6.07) is 0. The predicted molar refractivity (Wildman–Crippen MR) is 40.2 cm³/mol. The molecule has 1 saturated heterocycles. The zero-order valence-corrected chi connectivity index (χ0v) is 6.94. The molecule has 0 bridgehead atoms.